The van der Waals surface area contributed by atoms with Gasteiger partial charge in [0.2, 0.25) is 0 Å². The van der Waals surface area contributed by atoms with E-state index in [1.807, 2.05) is 0 Å². The number of hydrogen-bond donors (Lipinski definition) is 1. The maximum atomic E-state index is 13.4. The fraction of sp³-hybridized carbons (Fsp3) is 0.263. The monoisotopic (exact) mass is 410 g/mol. The van der Waals surface area contributed by atoms with E-state index in [2.05, 4.69) is 10.2 Å². The summed E-state index contributed by atoms with van der Waals surface area (Å²) in [5, 5.41) is 8.53. The molecule has 0 saturated heterocycles. The van der Waals surface area contributed by atoms with E-state index in [4.69, 9.17) is 22.1 Å². The zero-order valence-corrected chi connectivity index (χ0v) is 16.1. The van der Waals surface area contributed by atoms with Gasteiger partial charge in [0, 0.05) is 17.6 Å². The molecule has 3 aromatic rings. The zero-order valence-electron chi connectivity index (χ0n) is 15.4. The molecule has 0 atom stereocenters. The SMILES string of the molecule is Cn1c(-c2ccccc2C(F)(F)F)nnc1C(C)(C)Oc1ccc(Cl)cc1N. The molecule has 0 aliphatic carbocycles. The van der Waals surface area contributed by atoms with E-state index >= 15 is 0 Å². The Balaban J connectivity index is 2.01. The van der Waals surface area contributed by atoms with Crippen LogP contribution in [0.3, 0.4) is 0 Å². The van der Waals surface area contributed by atoms with E-state index in [1.54, 1.807) is 39.1 Å². The van der Waals surface area contributed by atoms with E-state index in [0.717, 1.165) is 6.07 Å². The number of hydrogen-bond acceptors (Lipinski definition) is 4. The van der Waals surface area contributed by atoms with Gasteiger partial charge in [0.1, 0.15) is 5.75 Å². The van der Waals surface area contributed by atoms with Gasteiger partial charge in [-0.25, -0.2) is 0 Å². The van der Waals surface area contributed by atoms with Crippen molar-refractivity contribution in [1.82, 2.24) is 14.8 Å². The van der Waals surface area contributed by atoms with Crippen LogP contribution in [0, 0.1) is 0 Å². The highest BCUT2D eigenvalue weighted by Gasteiger charge is 2.36. The van der Waals surface area contributed by atoms with E-state index in [0.29, 0.717) is 22.3 Å². The second kappa shape index (κ2) is 7.01. The predicted molar refractivity (Wildman–Crippen MR) is 101 cm³/mol. The van der Waals surface area contributed by atoms with Crippen LogP contribution in [0.25, 0.3) is 11.4 Å². The van der Waals surface area contributed by atoms with E-state index < -0.39 is 17.3 Å². The number of nitrogens with two attached hydrogens (primary N) is 1. The fourth-order valence-corrected chi connectivity index (χ4v) is 3.13. The number of aromatic nitrogens is 3. The molecule has 2 N–H and O–H groups in total. The fourth-order valence-electron chi connectivity index (χ4n) is 2.95. The molecule has 9 heteroatoms. The molecule has 0 radical (unpaired) electrons. The molecular formula is C19H18ClF3N4O. The van der Waals surface area contributed by atoms with Crippen molar-refractivity contribution in [2.45, 2.75) is 25.6 Å². The van der Waals surface area contributed by atoms with Gasteiger partial charge in [-0.1, -0.05) is 29.8 Å². The van der Waals surface area contributed by atoms with E-state index in [1.165, 1.54) is 22.8 Å². The first kappa shape index (κ1) is 20.0. The summed E-state index contributed by atoms with van der Waals surface area (Å²) < 4.78 is 47.5. The third-order valence-corrected chi connectivity index (χ3v) is 4.46. The average molecular weight is 411 g/mol. The first-order valence-electron chi connectivity index (χ1n) is 8.31. The number of halogens is 4. The molecule has 0 spiro atoms. The largest absolute Gasteiger partial charge is 0.478 e. The molecule has 0 unspecified atom stereocenters. The normalized spacial score (nSPS) is 12.2. The Hall–Kier alpha value is -2.74. The molecule has 2 aromatic carbocycles. The second-order valence-electron chi connectivity index (χ2n) is 6.74. The summed E-state index contributed by atoms with van der Waals surface area (Å²) in [6.07, 6.45) is -4.51. The van der Waals surface area contributed by atoms with Crippen molar-refractivity contribution < 1.29 is 17.9 Å². The molecule has 3 rings (SSSR count). The first-order valence-corrected chi connectivity index (χ1v) is 8.69. The summed E-state index contributed by atoms with van der Waals surface area (Å²) in [6.45, 7) is 3.45. The minimum absolute atomic E-state index is 0.0574. The summed E-state index contributed by atoms with van der Waals surface area (Å²) in [4.78, 5) is 0. The second-order valence-corrected chi connectivity index (χ2v) is 7.18. The van der Waals surface area contributed by atoms with E-state index in [9.17, 15) is 13.2 Å². The number of rotatable bonds is 4. The first-order chi connectivity index (χ1) is 13.0. The molecule has 0 aliphatic heterocycles. The number of anilines is 1. The maximum Gasteiger partial charge on any atom is 0.417 e. The highest BCUT2D eigenvalue weighted by atomic mass is 35.5. The summed E-state index contributed by atoms with van der Waals surface area (Å²) in [7, 11) is 1.59. The van der Waals surface area contributed by atoms with Gasteiger partial charge in [-0.2, -0.15) is 13.2 Å². The third kappa shape index (κ3) is 3.77. The van der Waals surface area contributed by atoms with Gasteiger partial charge >= 0.3 is 6.18 Å². The Morgan fingerprint density at radius 3 is 2.39 bits per heavy atom. The van der Waals surface area contributed by atoms with Crippen molar-refractivity contribution >= 4 is 17.3 Å². The topological polar surface area (TPSA) is 66.0 Å². The Labute approximate surface area is 164 Å². The van der Waals surface area contributed by atoms with Gasteiger partial charge in [0.25, 0.3) is 0 Å². The van der Waals surface area contributed by atoms with Crippen LogP contribution in [0.1, 0.15) is 25.2 Å². The van der Waals surface area contributed by atoms with Crippen molar-refractivity contribution in [2.24, 2.45) is 7.05 Å². The molecule has 28 heavy (non-hydrogen) atoms. The standard InChI is InChI=1S/C19H18ClF3N4O/c1-18(2,28-15-9-8-11(20)10-14(15)24)17-26-25-16(27(17)3)12-6-4-5-7-13(12)19(21,22)23/h4-10H,24H2,1-3H3. The number of ether oxygens (including phenoxy) is 1. The van der Waals surface area contributed by atoms with Crippen molar-refractivity contribution in [3.63, 3.8) is 0 Å². The highest BCUT2D eigenvalue weighted by Crippen LogP contribution is 2.38. The predicted octanol–water partition coefficient (Wildman–Crippen LogP) is 5.05. The lowest BCUT2D eigenvalue weighted by Crippen LogP contribution is -2.29. The number of benzene rings is 2. The quantitative estimate of drug-likeness (QED) is 0.611. The summed E-state index contributed by atoms with van der Waals surface area (Å²) in [6, 6.07) is 10.0. The zero-order chi connectivity index (χ0) is 20.7. The maximum absolute atomic E-state index is 13.4. The number of nitrogen functional groups attached to an aromatic ring is 1. The third-order valence-electron chi connectivity index (χ3n) is 4.22. The Morgan fingerprint density at radius 2 is 1.75 bits per heavy atom. The minimum atomic E-state index is -4.51. The van der Waals surface area contributed by atoms with Gasteiger partial charge in [-0.15, -0.1) is 10.2 Å². The van der Waals surface area contributed by atoms with Gasteiger partial charge in [0.05, 0.1) is 11.3 Å². The smallest absolute Gasteiger partial charge is 0.417 e. The lowest BCUT2D eigenvalue weighted by molar-refractivity contribution is -0.137. The molecule has 148 valence electrons. The van der Waals surface area contributed by atoms with Crippen LogP contribution >= 0.6 is 11.6 Å². The summed E-state index contributed by atoms with van der Waals surface area (Å²) >= 11 is 5.90. The van der Waals surface area contributed by atoms with Gasteiger partial charge in [-0.05, 0) is 38.1 Å². The van der Waals surface area contributed by atoms with Crippen LogP contribution in [-0.2, 0) is 18.8 Å². The molecule has 0 bridgehead atoms. The van der Waals surface area contributed by atoms with Crippen molar-refractivity contribution in [3.8, 4) is 17.1 Å². The van der Waals surface area contributed by atoms with Crippen LogP contribution in [0.2, 0.25) is 5.02 Å². The number of nitrogens with zero attached hydrogens (tertiary/aromatic N) is 3. The Morgan fingerprint density at radius 1 is 1.07 bits per heavy atom. The van der Waals surface area contributed by atoms with Crippen molar-refractivity contribution in [2.75, 3.05) is 5.73 Å². The Kier molecular flexibility index (Phi) is 5.01. The molecule has 0 fully saturated rings. The molecular weight excluding hydrogens is 393 g/mol. The van der Waals surface area contributed by atoms with E-state index in [-0.39, 0.29) is 11.4 Å². The lowest BCUT2D eigenvalue weighted by atomic mass is 10.1. The van der Waals surface area contributed by atoms with Crippen molar-refractivity contribution in [3.05, 3.63) is 58.9 Å². The molecule has 0 amide bonds. The minimum Gasteiger partial charge on any atom is -0.478 e. The molecule has 0 aliphatic rings. The van der Waals surface area contributed by atoms with Gasteiger partial charge in [0.15, 0.2) is 17.2 Å². The van der Waals surface area contributed by atoms with Crippen LogP contribution in [-0.4, -0.2) is 14.8 Å². The van der Waals surface area contributed by atoms with Crippen LogP contribution in [0.5, 0.6) is 5.75 Å². The van der Waals surface area contributed by atoms with Gasteiger partial charge in [-0.3, -0.25) is 0 Å². The van der Waals surface area contributed by atoms with Crippen molar-refractivity contribution in [1.29, 1.82) is 0 Å². The Bertz CT molecular complexity index is 1010. The molecule has 5 nitrogen and oxygen atoms in total. The summed E-state index contributed by atoms with van der Waals surface area (Å²) in [5.41, 5.74) is 4.41. The molecule has 1 heterocycles. The molecule has 0 saturated carbocycles. The highest BCUT2D eigenvalue weighted by molar-refractivity contribution is 6.30. The van der Waals surface area contributed by atoms with Crippen LogP contribution in [0.4, 0.5) is 18.9 Å². The number of alkyl halides is 3. The van der Waals surface area contributed by atoms with Crippen LogP contribution < -0.4 is 10.5 Å². The summed E-state index contributed by atoms with van der Waals surface area (Å²) in [5.74, 6) is 0.812. The lowest BCUT2D eigenvalue weighted by Gasteiger charge is -2.26. The van der Waals surface area contributed by atoms with Gasteiger partial charge < -0.3 is 15.0 Å². The average Bonchev–Trinajstić information content (AvgIpc) is 2.99. The van der Waals surface area contributed by atoms with Crippen LogP contribution in [0.15, 0.2) is 42.5 Å². The molecule has 1 aromatic heterocycles.